The number of aromatic nitrogens is 2. The van der Waals surface area contributed by atoms with E-state index in [1.54, 1.807) is 0 Å². The first-order valence-electron chi connectivity index (χ1n) is 11.2. The second-order valence-corrected chi connectivity index (χ2v) is 9.49. The molecule has 0 radical (unpaired) electrons. The molecule has 0 saturated heterocycles. The molecule has 0 saturated carbocycles. The monoisotopic (exact) mass is 492 g/mol. The zero-order chi connectivity index (χ0) is 24.8. The van der Waals surface area contributed by atoms with Crippen LogP contribution in [0.2, 0.25) is 0 Å². The molecule has 3 aromatic carbocycles. The predicted octanol–water partition coefficient (Wildman–Crippen LogP) is 4.47. The maximum Gasteiger partial charge on any atom is 0.328 e. The number of amides is 2. The molecule has 7 nitrogen and oxygen atoms in total. The summed E-state index contributed by atoms with van der Waals surface area (Å²) in [5.41, 5.74) is 3.90. The summed E-state index contributed by atoms with van der Waals surface area (Å²) in [6.45, 7) is 2.27. The van der Waals surface area contributed by atoms with Gasteiger partial charge >= 0.3 is 6.03 Å². The van der Waals surface area contributed by atoms with E-state index in [0.29, 0.717) is 6.42 Å². The predicted molar refractivity (Wildman–Crippen MR) is 132 cm³/mol. The van der Waals surface area contributed by atoms with Crippen molar-refractivity contribution in [3.63, 3.8) is 0 Å². The fourth-order valence-corrected chi connectivity index (χ4v) is 4.67. The van der Waals surface area contributed by atoms with Crippen molar-refractivity contribution in [2.75, 3.05) is 6.54 Å². The van der Waals surface area contributed by atoms with E-state index in [0.717, 1.165) is 46.9 Å². The Kier molecular flexibility index (Phi) is 7.26. The lowest BCUT2D eigenvalue weighted by Gasteiger charge is -2.10. The van der Waals surface area contributed by atoms with Crippen molar-refractivity contribution in [2.45, 2.75) is 24.7 Å². The van der Waals surface area contributed by atoms with Gasteiger partial charge in [-0.15, -0.1) is 0 Å². The zero-order valence-electron chi connectivity index (χ0n) is 19.1. The van der Waals surface area contributed by atoms with Crippen LogP contribution in [0, 0.1) is 5.82 Å². The molecule has 35 heavy (non-hydrogen) atoms. The Morgan fingerprint density at radius 3 is 2.34 bits per heavy atom. The van der Waals surface area contributed by atoms with E-state index in [2.05, 4.69) is 16.8 Å². The molecule has 1 heterocycles. The molecule has 9 heteroatoms. The van der Waals surface area contributed by atoms with Crippen molar-refractivity contribution < 1.29 is 17.6 Å². The lowest BCUT2D eigenvalue weighted by molar-refractivity contribution is 0.246. The van der Waals surface area contributed by atoms with E-state index >= 15 is 0 Å². The van der Waals surface area contributed by atoms with Gasteiger partial charge in [-0.3, -0.25) is 0 Å². The topological polar surface area (TPSA) is 93.1 Å². The second-order valence-electron chi connectivity index (χ2n) is 7.84. The average Bonchev–Trinajstić information content (AvgIpc) is 3.29. The molecule has 1 aromatic heterocycles. The fraction of sp³-hybridized carbons (Fsp3) is 0.154. The highest BCUT2D eigenvalue weighted by molar-refractivity contribution is 7.90. The number of hydrogen-bond donors (Lipinski definition) is 2. The van der Waals surface area contributed by atoms with E-state index < -0.39 is 26.8 Å². The fourth-order valence-electron chi connectivity index (χ4n) is 3.66. The molecule has 0 aliphatic rings. The highest BCUT2D eigenvalue weighted by atomic mass is 32.2. The first-order valence-corrected chi connectivity index (χ1v) is 12.6. The Morgan fingerprint density at radius 1 is 0.971 bits per heavy atom. The second kappa shape index (κ2) is 10.5. The van der Waals surface area contributed by atoms with Gasteiger partial charge in [0.1, 0.15) is 16.5 Å². The smallest absolute Gasteiger partial charge is 0.328 e. The van der Waals surface area contributed by atoms with Gasteiger partial charge in [-0.05, 0) is 36.2 Å². The lowest BCUT2D eigenvalue weighted by atomic mass is 10.1. The van der Waals surface area contributed by atoms with E-state index in [-0.39, 0.29) is 6.54 Å². The Bertz CT molecular complexity index is 1420. The number of imidazole rings is 1. The van der Waals surface area contributed by atoms with Crippen LogP contribution in [0.15, 0.2) is 90.0 Å². The van der Waals surface area contributed by atoms with Crippen molar-refractivity contribution >= 4 is 16.1 Å². The van der Waals surface area contributed by atoms with Crippen molar-refractivity contribution in [2.24, 2.45) is 0 Å². The number of nitrogens with one attached hydrogen (secondary N) is 2. The minimum atomic E-state index is -4.29. The Morgan fingerprint density at radius 2 is 1.66 bits per heavy atom. The Hall–Kier alpha value is -3.98. The van der Waals surface area contributed by atoms with E-state index in [4.69, 9.17) is 4.98 Å². The number of sulfonamides is 1. The van der Waals surface area contributed by atoms with Crippen LogP contribution in [0.5, 0.6) is 0 Å². The summed E-state index contributed by atoms with van der Waals surface area (Å²) in [5.74, 6) is 0.0268. The number of halogens is 1. The molecular formula is C26H25FN4O3S. The normalized spacial score (nSPS) is 11.3. The van der Waals surface area contributed by atoms with Crippen LogP contribution < -0.4 is 10.0 Å². The van der Waals surface area contributed by atoms with Gasteiger partial charge in [0.15, 0.2) is 0 Å². The van der Waals surface area contributed by atoms with Crippen molar-refractivity contribution in [3.05, 3.63) is 102 Å². The molecule has 0 atom stereocenters. The summed E-state index contributed by atoms with van der Waals surface area (Å²) in [6.07, 6.45) is 3.29. The largest absolute Gasteiger partial charge is 0.337 e. The SMILES string of the molecule is CCc1nc(-c2ccccc2)cn1-c1ccc(CCNC(=O)NS(=O)(=O)c2ccccc2F)cc1. The highest BCUT2D eigenvalue weighted by Crippen LogP contribution is 2.22. The maximum absolute atomic E-state index is 13.7. The van der Waals surface area contributed by atoms with Gasteiger partial charge in [-0.25, -0.2) is 27.3 Å². The molecule has 2 amide bonds. The lowest BCUT2D eigenvalue weighted by Crippen LogP contribution is -2.40. The van der Waals surface area contributed by atoms with Crippen LogP contribution in [-0.4, -0.2) is 30.5 Å². The first-order chi connectivity index (χ1) is 16.9. The number of carbonyl (C=O) groups excluding carboxylic acids is 1. The van der Waals surface area contributed by atoms with E-state index in [1.165, 1.54) is 12.1 Å². The molecule has 0 fully saturated rings. The standard InChI is InChI=1S/C26H25FN4O3S/c1-2-25-29-23(20-8-4-3-5-9-20)18-31(25)21-14-12-19(13-15-21)16-17-28-26(32)30-35(33,34)24-11-7-6-10-22(24)27/h3-15,18H,2,16-17H2,1H3,(H2,28,30,32). The number of nitrogens with zero attached hydrogens (tertiary/aromatic N) is 2. The molecule has 180 valence electrons. The molecule has 0 unspecified atom stereocenters. The summed E-state index contributed by atoms with van der Waals surface area (Å²) < 4.78 is 42.0. The van der Waals surface area contributed by atoms with Gasteiger partial charge in [0.25, 0.3) is 10.0 Å². The Labute approximate surface area is 203 Å². The third-order valence-corrected chi connectivity index (χ3v) is 6.80. The molecule has 4 aromatic rings. The van der Waals surface area contributed by atoms with Gasteiger partial charge in [0, 0.05) is 30.4 Å². The quantitative estimate of drug-likeness (QED) is 0.380. The number of carbonyl (C=O) groups is 1. The summed E-state index contributed by atoms with van der Waals surface area (Å²) >= 11 is 0. The number of aryl methyl sites for hydroxylation is 1. The minimum Gasteiger partial charge on any atom is -0.337 e. The number of hydrogen-bond acceptors (Lipinski definition) is 4. The van der Waals surface area contributed by atoms with Gasteiger partial charge in [0.05, 0.1) is 5.69 Å². The summed E-state index contributed by atoms with van der Waals surface area (Å²) in [7, 11) is -4.29. The number of benzene rings is 3. The third kappa shape index (κ3) is 5.75. The van der Waals surface area contributed by atoms with E-state index in [1.807, 2.05) is 65.5 Å². The Balaban J connectivity index is 1.36. The average molecular weight is 493 g/mol. The molecule has 4 rings (SSSR count). The molecule has 0 spiro atoms. The van der Waals surface area contributed by atoms with Crippen LogP contribution in [0.3, 0.4) is 0 Å². The van der Waals surface area contributed by atoms with Gasteiger partial charge in [-0.2, -0.15) is 0 Å². The first kappa shape index (κ1) is 24.2. The van der Waals surface area contributed by atoms with Crippen molar-refractivity contribution in [1.29, 1.82) is 0 Å². The summed E-state index contributed by atoms with van der Waals surface area (Å²) in [4.78, 5) is 16.2. The van der Waals surface area contributed by atoms with Crippen LogP contribution in [0.1, 0.15) is 18.3 Å². The molecular weight excluding hydrogens is 467 g/mol. The van der Waals surface area contributed by atoms with Crippen molar-refractivity contribution in [1.82, 2.24) is 19.6 Å². The third-order valence-electron chi connectivity index (χ3n) is 5.43. The number of rotatable bonds is 8. The van der Waals surface area contributed by atoms with Crippen LogP contribution in [0.4, 0.5) is 9.18 Å². The summed E-state index contributed by atoms with van der Waals surface area (Å²) in [5, 5.41) is 2.50. The maximum atomic E-state index is 13.7. The number of urea groups is 1. The summed E-state index contributed by atoms with van der Waals surface area (Å²) in [6, 6.07) is 21.8. The molecule has 0 aliphatic heterocycles. The zero-order valence-corrected chi connectivity index (χ0v) is 19.9. The van der Waals surface area contributed by atoms with Crippen LogP contribution in [-0.2, 0) is 22.9 Å². The van der Waals surface area contributed by atoms with Gasteiger partial charge < -0.3 is 9.88 Å². The van der Waals surface area contributed by atoms with Gasteiger partial charge in [-0.1, -0.05) is 61.5 Å². The molecule has 0 bridgehead atoms. The van der Waals surface area contributed by atoms with Crippen LogP contribution >= 0.6 is 0 Å². The van der Waals surface area contributed by atoms with Gasteiger partial charge in [0.2, 0.25) is 0 Å². The van der Waals surface area contributed by atoms with E-state index in [9.17, 15) is 17.6 Å². The molecule has 2 N–H and O–H groups in total. The molecule has 0 aliphatic carbocycles. The minimum absolute atomic E-state index is 0.210. The highest BCUT2D eigenvalue weighted by Gasteiger charge is 2.21. The van der Waals surface area contributed by atoms with Crippen molar-refractivity contribution in [3.8, 4) is 16.9 Å². The van der Waals surface area contributed by atoms with Crippen LogP contribution in [0.25, 0.3) is 16.9 Å².